The first-order valence-corrected chi connectivity index (χ1v) is 7.26. The highest BCUT2D eigenvalue weighted by atomic mass is 32.1. The third kappa shape index (κ3) is 3.07. The van der Waals surface area contributed by atoms with Gasteiger partial charge in [-0.3, -0.25) is 9.78 Å². The average molecular weight is 335 g/mol. The van der Waals surface area contributed by atoms with Gasteiger partial charge in [0, 0.05) is 11.6 Å². The van der Waals surface area contributed by atoms with E-state index in [1.807, 2.05) is 0 Å². The molecule has 1 aromatic carbocycles. The van der Waals surface area contributed by atoms with E-state index in [2.05, 4.69) is 15.3 Å². The monoisotopic (exact) mass is 335 g/mol. The second kappa shape index (κ2) is 6.17. The number of nitrogens with zero attached hydrogens (tertiary/aromatic N) is 2. The molecular weight excluding hydrogens is 327 g/mol. The van der Waals surface area contributed by atoms with Crippen molar-refractivity contribution in [1.29, 1.82) is 0 Å². The van der Waals surface area contributed by atoms with Crippen molar-refractivity contribution < 1.29 is 18.0 Å². The smallest absolute Gasteiger partial charge is 0.275 e. The maximum atomic E-state index is 13.6. The Kier molecular flexibility index (Phi) is 4.07. The number of carbonyl (C=O) groups excluding carboxylic acids is 1. The number of anilines is 1. The zero-order valence-electron chi connectivity index (χ0n) is 11.4. The Labute approximate surface area is 132 Å². The maximum Gasteiger partial charge on any atom is 0.275 e. The number of pyridine rings is 1. The van der Waals surface area contributed by atoms with Crippen molar-refractivity contribution in [3.63, 3.8) is 0 Å². The molecule has 0 radical (unpaired) electrons. The summed E-state index contributed by atoms with van der Waals surface area (Å²) in [7, 11) is 0. The van der Waals surface area contributed by atoms with Crippen LogP contribution in [0.2, 0.25) is 0 Å². The third-order valence-electron chi connectivity index (χ3n) is 2.90. The van der Waals surface area contributed by atoms with Crippen molar-refractivity contribution in [3.8, 4) is 10.7 Å². The molecule has 2 aromatic heterocycles. The van der Waals surface area contributed by atoms with Crippen LogP contribution in [0.1, 0.15) is 10.5 Å². The molecule has 0 atom stereocenters. The molecule has 116 valence electrons. The van der Waals surface area contributed by atoms with E-state index in [1.165, 1.54) is 16.7 Å². The molecule has 0 aliphatic heterocycles. The van der Waals surface area contributed by atoms with Gasteiger partial charge in [-0.1, -0.05) is 6.07 Å². The van der Waals surface area contributed by atoms with E-state index < -0.39 is 29.0 Å². The van der Waals surface area contributed by atoms with Gasteiger partial charge in [0.2, 0.25) is 0 Å². The molecule has 1 amide bonds. The number of halogens is 3. The minimum absolute atomic E-state index is 0.0276. The first-order chi connectivity index (χ1) is 11.1. The standard InChI is InChI=1S/C15H8F3N3OS/c16-8-4-5-9(13(18)12(8)17)20-14(22)11-7-23-15(21-11)10-3-1-2-6-19-10/h1-7H,(H,20,22). The lowest BCUT2D eigenvalue weighted by Gasteiger charge is -2.05. The molecule has 2 heterocycles. The number of rotatable bonds is 3. The largest absolute Gasteiger partial charge is 0.318 e. The number of hydrogen-bond acceptors (Lipinski definition) is 4. The summed E-state index contributed by atoms with van der Waals surface area (Å²) in [6.45, 7) is 0. The summed E-state index contributed by atoms with van der Waals surface area (Å²) in [5.74, 6) is -5.16. The number of hydrogen-bond donors (Lipinski definition) is 1. The fourth-order valence-corrected chi connectivity index (χ4v) is 2.57. The van der Waals surface area contributed by atoms with Crippen molar-refractivity contribution >= 4 is 22.9 Å². The van der Waals surface area contributed by atoms with Crippen LogP contribution in [0, 0.1) is 17.5 Å². The summed E-state index contributed by atoms with van der Waals surface area (Å²) in [4.78, 5) is 20.2. The fraction of sp³-hybridized carbons (Fsp3) is 0. The highest BCUT2D eigenvalue weighted by Crippen LogP contribution is 2.23. The van der Waals surface area contributed by atoms with Crippen LogP contribution in [-0.4, -0.2) is 15.9 Å². The SMILES string of the molecule is O=C(Nc1ccc(F)c(F)c1F)c1csc(-c2ccccn2)n1. The molecule has 4 nitrogen and oxygen atoms in total. The van der Waals surface area contributed by atoms with Crippen LogP contribution in [-0.2, 0) is 0 Å². The van der Waals surface area contributed by atoms with Gasteiger partial charge in [-0.2, -0.15) is 0 Å². The molecule has 0 spiro atoms. The summed E-state index contributed by atoms with van der Waals surface area (Å²) >= 11 is 1.19. The van der Waals surface area contributed by atoms with E-state index in [0.29, 0.717) is 10.7 Å². The zero-order chi connectivity index (χ0) is 16.4. The molecule has 0 aliphatic rings. The van der Waals surface area contributed by atoms with Gasteiger partial charge >= 0.3 is 0 Å². The van der Waals surface area contributed by atoms with Crippen molar-refractivity contribution in [2.24, 2.45) is 0 Å². The van der Waals surface area contributed by atoms with Gasteiger partial charge < -0.3 is 5.32 Å². The highest BCUT2D eigenvalue weighted by Gasteiger charge is 2.18. The molecule has 3 rings (SSSR count). The molecule has 0 bridgehead atoms. The van der Waals surface area contributed by atoms with Crippen LogP contribution in [0.3, 0.4) is 0 Å². The summed E-state index contributed by atoms with van der Waals surface area (Å²) in [6.07, 6.45) is 1.59. The summed E-state index contributed by atoms with van der Waals surface area (Å²) in [5.41, 5.74) is 0.164. The minimum Gasteiger partial charge on any atom is -0.318 e. The van der Waals surface area contributed by atoms with Crippen LogP contribution < -0.4 is 5.32 Å². The van der Waals surface area contributed by atoms with Crippen molar-refractivity contribution in [1.82, 2.24) is 9.97 Å². The first kappa shape index (κ1) is 15.2. The van der Waals surface area contributed by atoms with E-state index >= 15 is 0 Å². The van der Waals surface area contributed by atoms with E-state index in [4.69, 9.17) is 0 Å². The van der Waals surface area contributed by atoms with Crippen molar-refractivity contribution in [2.45, 2.75) is 0 Å². The van der Waals surface area contributed by atoms with Crippen LogP contribution in [0.4, 0.5) is 18.9 Å². The zero-order valence-corrected chi connectivity index (χ0v) is 12.2. The van der Waals surface area contributed by atoms with Crippen molar-refractivity contribution in [3.05, 3.63) is 65.1 Å². The summed E-state index contributed by atoms with van der Waals surface area (Å²) in [5, 5.41) is 4.15. The molecule has 8 heteroatoms. The number of benzene rings is 1. The maximum absolute atomic E-state index is 13.6. The summed E-state index contributed by atoms with van der Waals surface area (Å²) in [6, 6.07) is 6.93. The van der Waals surface area contributed by atoms with Gasteiger partial charge in [-0.05, 0) is 24.3 Å². The molecule has 0 unspecified atom stereocenters. The second-order valence-corrected chi connectivity index (χ2v) is 5.29. The molecular formula is C15H8F3N3OS. The number of nitrogens with one attached hydrogen (secondary N) is 1. The van der Waals surface area contributed by atoms with Crippen molar-refractivity contribution in [2.75, 3.05) is 5.32 Å². The van der Waals surface area contributed by atoms with E-state index in [1.54, 1.807) is 24.4 Å². The van der Waals surface area contributed by atoms with E-state index in [0.717, 1.165) is 12.1 Å². The van der Waals surface area contributed by atoms with Gasteiger partial charge in [0.25, 0.3) is 5.91 Å². The Morgan fingerprint density at radius 3 is 2.65 bits per heavy atom. The Bertz CT molecular complexity index is 868. The number of aromatic nitrogens is 2. The van der Waals surface area contributed by atoms with Gasteiger partial charge in [-0.25, -0.2) is 18.2 Å². The minimum atomic E-state index is -1.64. The van der Waals surface area contributed by atoms with Crippen LogP contribution in [0.25, 0.3) is 10.7 Å². The molecule has 23 heavy (non-hydrogen) atoms. The predicted octanol–water partition coefficient (Wildman–Crippen LogP) is 3.87. The fourth-order valence-electron chi connectivity index (χ4n) is 1.79. The number of amides is 1. The quantitative estimate of drug-likeness (QED) is 0.739. The van der Waals surface area contributed by atoms with E-state index in [9.17, 15) is 18.0 Å². The normalized spacial score (nSPS) is 10.6. The Hall–Kier alpha value is -2.74. The van der Waals surface area contributed by atoms with Gasteiger partial charge in [0.15, 0.2) is 17.5 Å². The van der Waals surface area contributed by atoms with Gasteiger partial charge in [0.1, 0.15) is 10.7 Å². The lowest BCUT2D eigenvalue weighted by atomic mass is 10.2. The summed E-state index contributed by atoms with van der Waals surface area (Å²) < 4.78 is 39.6. The van der Waals surface area contributed by atoms with Crippen LogP contribution >= 0.6 is 11.3 Å². The van der Waals surface area contributed by atoms with Gasteiger partial charge in [-0.15, -0.1) is 11.3 Å². The third-order valence-corrected chi connectivity index (χ3v) is 3.77. The molecule has 0 aliphatic carbocycles. The first-order valence-electron chi connectivity index (χ1n) is 6.38. The molecule has 1 N–H and O–H groups in total. The molecule has 3 aromatic rings. The molecule has 0 fully saturated rings. The molecule has 0 saturated heterocycles. The lowest BCUT2D eigenvalue weighted by molar-refractivity contribution is 0.102. The Morgan fingerprint density at radius 2 is 1.91 bits per heavy atom. The van der Waals surface area contributed by atoms with Gasteiger partial charge in [0.05, 0.1) is 11.4 Å². The van der Waals surface area contributed by atoms with Crippen LogP contribution in [0.5, 0.6) is 0 Å². The second-order valence-electron chi connectivity index (χ2n) is 4.43. The highest BCUT2D eigenvalue weighted by molar-refractivity contribution is 7.13. The molecule has 0 saturated carbocycles. The Morgan fingerprint density at radius 1 is 1.09 bits per heavy atom. The lowest BCUT2D eigenvalue weighted by Crippen LogP contribution is -2.14. The number of carbonyl (C=O) groups is 1. The van der Waals surface area contributed by atoms with E-state index in [-0.39, 0.29) is 5.69 Å². The number of thiazole rings is 1. The topological polar surface area (TPSA) is 54.9 Å². The Balaban J connectivity index is 1.82. The predicted molar refractivity (Wildman–Crippen MR) is 79.6 cm³/mol. The average Bonchev–Trinajstić information content (AvgIpc) is 3.06. The van der Waals surface area contributed by atoms with Crippen LogP contribution in [0.15, 0.2) is 41.9 Å².